The standard InChI is InChI=1S/C16H19ClN4O.ClH/c17-12-4-3-6-13(10-12)21-9-7-15(19-21)16(22)20-8-2-1-5-14(20)11-18;/h3-4,6-7,9-10,14H,1-2,5,8,11,18H2;1H. The summed E-state index contributed by atoms with van der Waals surface area (Å²) < 4.78 is 1.67. The van der Waals surface area contributed by atoms with Gasteiger partial charge in [-0.3, -0.25) is 4.79 Å². The second-order valence-electron chi connectivity index (χ2n) is 5.51. The number of likely N-dealkylation sites (tertiary alicyclic amines) is 1. The maximum Gasteiger partial charge on any atom is 0.274 e. The molecule has 2 aromatic rings. The number of benzene rings is 1. The van der Waals surface area contributed by atoms with Crippen LogP contribution in [0.15, 0.2) is 36.5 Å². The fourth-order valence-electron chi connectivity index (χ4n) is 2.86. The summed E-state index contributed by atoms with van der Waals surface area (Å²) in [7, 11) is 0. The minimum absolute atomic E-state index is 0. The first-order valence-electron chi connectivity index (χ1n) is 7.51. The van der Waals surface area contributed by atoms with Crippen LogP contribution in [-0.2, 0) is 0 Å². The topological polar surface area (TPSA) is 64.2 Å². The zero-order valence-electron chi connectivity index (χ0n) is 12.7. The van der Waals surface area contributed by atoms with Crippen molar-refractivity contribution in [1.82, 2.24) is 14.7 Å². The fourth-order valence-corrected chi connectivity index (χ4v) is 3.05. The molecule has 0 spiro atoms. The third kappa shape index (κ3) is 3.86. The van der Waals surface area contributed by atoms with Crippen molar-refractivity contribution in [3.8, 4) is 5.69 Å². The van der Waals surface area contributed by atoms with Crippen LogP contribution in [0.2, 0.25) is 5.02 Å². The Hall–Kier alpha value is -1.56. The molecule has 7 heteroatoms. The number of carbonyl (C=O) groups excluding carboxylic acids is 1. The Labute approximate surface area is 146 Å². The molecule has 1 atom stereocenters. The van der Waals surface area contributed by atoms with Crippen LogP contribution in [0.4, 0.5) is 0 Å². The SMILES string of the molecule is Cl.NCC1CCCCN1C(=O)c1ccn(-c2cccc(Cl)c2)n1. The van der Waals surface area contributed by atoms with Gasteiger partial charge in [-0.05, 0) is 43.5 Å². The average molecular weight is 355 g/mol. The van der Waals surface area contributed by atoms with Crippen LogP contribution in [0.3, 0.4) is 0 Å². The Bertz CT molecular complexity index is 674. The minimum atomic E-state index is -0.0454. The van der Waals surface area contributed by atoms with Gasteiger partial charge in [-0.25, -0.2) is 4.68 Å². The number of amides is 1. The van der Waals surface area contributed by atoms with Crippen LogP contribution in [0, 0.1) is 0 Å². The van der Waals surface area contributed by atoms with Gasteiger partial charge in [0.1, 0.15) is 0 Å². The predicted octanol–water partition coefficient (Wildman–Crippen LogP) is 2.90. The second-order valence-corrected chi connectivity index (χ2v) is 5.95. The van der Waals surface area contributed by atoms with E-state index in [1.165, 1.54) is 0 Å². The molecule has 0 saturated carbocycles. The zero-order chi connectivity index (χ0) is 15.5. The monoisotopic (exact) mass is 354 g/mol. The Morgan fingerprint density at radius 1 is 1.35 bits per heavy atom. The lowest BCUT2D eigenvalue weighted by Crippen LogP contribution is -2.47. The molecule has 1 saturated heterocycles. The Morgan fingerprint density at radius 3 is 2.91 bits per heavy atom. The molecule has 1 fully saturated rings. The molecule has 1 aliphatic heterocycles. The molecule has 1 aromatic heterocycles. The lowest BCUT2D eigenvalue weighted by molar-refractivity contribution is 0.0617. The Kier molecular flexibility index (Phi) is 6.04. The van der Waals surface area contributed by atoms with Gasteiger partial charge in [-0.15, -0.1) is 12.4 Å². The van der Waals surface area contributed by atoms with Crippen molar-refractivity contribution >= 4 is 29.9 Å². The van der Waals surface area contributed by atoms with Crippen molar-refractivity contribution in [1.29, 1.82) is 0 Å². The molecule has 1 unspecified atom stereocenters. The number of carbonyl (C=O) groups is 1. The summed E-state index contributed by atoms with van der Waals surface area (Å²) in [6.45, 7) is 1.26. The number of nitrogens with zero attached hydrogens (tertiary/aromatic N) is 3. The number of aromatic nitrogens is 2. The summed E-state index contributed by atoms with van der Waals surface area (Å²) >= 11 is 5.99. The van der Waals surface area contributed by atoms with E-state index in [4.69, 9.17) is 17.3 Å². The largest absolute Gasteiger partial charge is 0.333 e. The summed E-state index contributed by atoms with van der Waals surface area (Å²) in [5.41, 5.74) is 7.07. The van der Waals surface area contributed by atoms with Crippen molar-refractivity contribution in [3.63, 3.8) is 0 Å². The van der Waals surface area contributed by atoms with Crippen LogP contribution in [-0.4, -0.2) is 39.7 Å². The lowest BCUT2D eigenvalue weighted by Gasteiger charge is -2.34. The van der Waals surface area contributed by atoms with Crippen LogP contribution < -0.4 is 5.73 Å². The van der Waals surface area contributed by atoms with Gasteiger partial charge < -0.3 is 10.6 Å². The number of hydrogen-bond donors (Lipinski definition) is 1. The molecule has 3 rings (SSSR count). The van der Waals surface area contributed by atoms with Crippen molar-refractivity contribution in [2.24, 2.45) is 5.73 Å². The predicted molar refractivity (Wildman–Crippen MR) is 93.6 cm³/mol. The molecule has 5 nitrogen and oxygen atoms in total. The molecule has 2 N–H and O–H groups in total. The van der Waals surface area contributed by atoms with E-state index in [2.05, 4.69) is 5.10 Å². The molecule has 1 amide bonds. The number of halogens is 2. The number of piperidine rings is 1. The highest BCUT2D eigenvalue weighted by molar-refractivity contribution is 6.30. The first-order chi connectivity index (χ1) is 10.7. The minimum Gasteiger partial charge on any atom is -0.333 e. The van der Waals surface area contributed by atoms with Crippen LogP contribution in [0.1, 0.15) is 29.8 Å². The van der Waals surface area contributed by atoms with E-state index in [0.717, 1.165) is 31.5 Å². The first-order valence-corrected chi connectivity index (χ1v) is 7.89. The molecule has 1 aromatic carbocycles. The van der Waals surface area contributed by atoms with E-state index in [0.29, 0.717) is 17.3 Å². The van der Waals surface area contributed by atoms with E-state index in [1.54, 1.807) is 23.0 Å². The van der Waals surface area contributed by atoms with E-state index >= 15 is 0 Å². The number of nitrogens with two attached hydrogens (primary N) is 1. The van der Waals surface area contributed by atoms with E-state index in [9.17, 15) is 4.79 Å². The van der Waals surface area contributed by atoms with Gasteiger partial charge in [-0.1, -0.05) is 17.7 Å². The highest BCUT2D eigenvalue weighted by Crippen LogP contribution is 2.19. The van der Waals surface area contributed by atoms with Gasteiger partial charge in [0.05, 0.1) is 5.69 Å². The maximum absolute atomic E-state index is 12.6. The van der Waals surface area contributed by atoms with Gasteiger partial charge in [0.2, 0.25) is 0 Å². The lowest BCUT2D eigenvalue weighted by atomic mass is 10.0. The summed E-state index contributed by atoms with van der Waals surface area (Å²) in [5.74, 6) is -0.0454. The Balaban J connectivity index is 0.00000192. The van der Waals surface area contributed by atoms with Gasteiger partial charge in [0.15, 0.2) is 5.69 Å². The third-order valence-electron chi connectivity index (χ3n) is 4.04. The maximum atomic E-state index is 12.6. The van der Waals surface area contributed by atoms with Crippen LogP contribution >= 0.6 is 24.0 Å². The van der Waals surface area contributed by atoms with Gasteiger partial charge in [-0.2, -0.15) is 5.10 Å². The molecular formula is C16H20Cl2N4O. The van der Waals surface area contributed by atoms with Crippen molar-refractivity contribution in [2.75, 3.05) is 13.1 Å². The molecule has 0 bridgehead atoms. The van der Waals surface area contributed by atoms with Crippen LogP contribution in [0.5, 0.6) is 0 Å². The summed E-state index contributed by atoms with van der Waals surface area (Å²) in [6.07, 6.45) is 4.90. The fraction of sp³-hybridized carbons (Fsp3) is 0.375. The Morgan fingerprint density at radius 2 is 2.17 bits per heavy atom. The van der Waals surface area contributed by atoms with Gasteiger partial charge >= 0.3 is 0 Å². The molecule has 0 aliphatic carbocycles. The quantitative estimate of drug-likeness (QED) is 0.921. The van der Waals surface area contributed by atoms with Crippen molar-refractivity contribution in [3.05, 3.63) is 47.2 Å². The smallest absolute Gasteiger partial charge is 0.274 e. The third-order valence-corrected chi connectivity index (χ3v) is 4.28. The second kappa shape index (κ2) is 7.81. The summed E-state index contributed by atoms with van der Waals surface area (Å²) in [5, 5.41) is 5.03. The zero-order valence-corrected chi connectivity index (χ0v) is 14.3. The average Bonchev–Trinajstić information content (AvgIpc) is 3.04. The molecule has 0 radical (unpaired) electrons. The van der Waals surface area contributed by atoms with E-state index in [1.807, 2.05) is 23.1 Å². The molecule has 2 heterocycles. The molecule has 124 valence electrons. The molecular weight excluding hydrogens is 335 g/mol. The van der Waals surface area contributed by atoms with Crippen LogP contribution in [0.25, 0.3) is 5.69 Å². The first kappa shape index (κ1) is 17.8. The van der Waals surface area contributed by atoms with Crippen molar-refractivity contribution in [2.45, 2.75) is 25.3 Å². The molecule has 23 heavy (non-hydrogen) atoms. The molecule has 1 aliphatic rings. The van der Waals surface area contributed by atoms with E-state index < -0.39 is 0 Å². The number of rotatable bonds is 3. The van der Waals surface area contributed by atoms with Gasteiger partial charge in [0, 0.05) is 30.4 Å². The summed E-state index contributed by atoms with van der Waals surface area (Å²) in [4.78, 5) is 14.5. The summed E-state index contributed by atoms with van der Waals surface area (Å²) in [6, 6.07) is 9.24. The highest BCUT2D eigenvalue weighted by atomic mass is 35.5. The van der Waals surface area contributed by atoms with Crippen molar-refractivity contribution < 1.29 is 4.79 Å². The number of hydrogen-bond acceptors (Lipinski definition) is 3. The normalized spacial score (nSPS) is 17.7. The highest BCUT2D eigenvalue weighted by Gasteiger charge is 2.27. The van der Waals surface area contributed by atoms with E-state index in [-0.39, 0.29) is 24.4 Å². The van der Waals surface area contributed by atoms with Gasteiger partial charge in [0.25, 0.3) is 5.91 Å².